The first-order valence-electron chi connectivity index (χ1n) is 6.42. The van der Waals surface area contributed by atoms with Crippen molar-refractivity contribution >= 4 is 11.3 Å². The van der Waals surface area contributed by atoms with E-state index in [2.05, 4.69) is 40.5 Å². The van der Waals surface area contributed by atoms with Crippen LogP contribution in [0.5, 0.6) is 0 Å². The number of nitrogens with one attached hydrogen (secondary N) is 1. The molecule has 3 heteroatoms. The molecule has 0 unspecified atom stereocenters. The maximum absolute atomic E-state index is 4.17. The molecule has 1 fully saturated rings. The van der Waals surface area contributed by atoms with Gasteiger partial charge in [0.05, 0.1) is 0 Å². The van der Waals surface area contributed by atoms with Crippen LogP contribution in [0.3, 0.4) is 0 Å². The molecule has 1 N–H and O–H groups in total. The lowest BCUT2D eigenvalue weighted by molar-refractivity contribution is 0.276. The number of thiophene rings is 1. The van der Waals surface area contributed by atoms with E-state index >= 15 is 0 Å². The molecule has 1 heterocycles. The average molecular weight is 250 g/mol. The third kappa shape index (κ3) is 4.26. The van der Waals surface area contributed by atoms with Crippen molar-refractivity contribution in [2.45, 2.75) is 32.4 Å². The molecular formula is C14H22N2S. The van der Waals surface area contributed by atoms with E-state index in [0.717, 1.165) is 32.2 Å². The largest absolute Gasteiger partial charge is 0.313 e. The van der Waals surface area contributed by atoms with Crippen LogP contribution in [-0.4, -0.2) is 30.6 Å². The molecule has 0 aromatic carbocycles. The van der Waals surface area contributed by atoms with Crippen LogP contribution in [0.4, 0.5) is 0 Å². The molecule has 1 aromatic heterocycles. The van der Waals surface area contributed by atoms with Crippen molar-refractivity contribution in [3.63, 3.8) is 0 Å². The number of hydrogen-bond acceptors (Lipinski definition) is 3. The molecule has 0 amide bonds. The Balaban J connectivity index is 1.82. The summed E-state index contributed by atoms with van der Waals surface area (Å²) in [4.78, 5) is 2.57. The fourth-order valence-electron chi connectivity index (χ4n) is 2.02. The van der Waals surface area contributed by atoms with Gasteiger partial charge in [0, 0.05) is 25.7 Å². The summed E-state index contributed by atoms with van der Waals surface area (Å²) >= 11 is 1.79. The molecule has 17 heavy (non-hydrogen) atoms. The molecule has 1 aliphatic carbocycles. The standard InChI is InChI=1S/C14H22N2S/c1-3-15-8-12(2)9-16(14-4-5-14)10-13-6-7-17-11-13/h6-7,11,14-15H,2-5,8-10H2,1H3. The average Bonchev–Trinajstić information content (AvgIpc) is 3.05. The van der Waals surface area contributed by atoms with E-state index in [9.17, 15) is 0 Å². The number of hydrogen-bond donors (Lipinski definition) is 1. The van der Waals surface area contributed by atoms with Gasteiger partial charge in [0.2, 0.25) is 0 Å². The van der Waals surface area contributed by atoms with Crippen LogP contribution in [0.2, 0.25) is 0 Å². The third-order valence-corrected chi connectivity index (χ3v) is 3.81. The predicted octanol–water partition coefficient (Wildman–Crippen LogP) is 2.88. The van der Waals surface area contributed by atoms with Gasteiger partial charge in [0.25, 0.3) is 0 Å². The smallest absolute Gasteiger partial charge is 0.0248 e. The van der Waals surface area contributed by atoms with Crippen molar-refractivity contribution in [2.75, 3.05) is 19.6 Å². The summed E-state index contributed by atoms with van der Waals surface area (Å²) in [6, 6.07) is 3.03. The molecule has 0 spiro atoms. The topological polar surface area (TPSA) is 15.3 Å². The Morgan fingerprint density at radius 3 is 3.00 bits per heavy atom. The number of rotatable bonds is 8. The van der Waals surface area contributed by atoms with Gasteiger partial charge < -0.3 is 5.32 Å². The van der Waals surface area contributed by atoms with E-state index in [1.807, 2.05) is 0 Å². The molecule has 1 aliphatic rings. The Bertz CT molecular complexity index is 341. The zero-order chi connectivity index (χ0) is 12.1. The lowest BCUT2D eigenvalue weighted by atomic mass is 10.2. The van der Waals surface area contributed by atoms with E-state index in [4.69, 9.17) is 0 Å². The van der Waals surface area contributed by atoms with Gasteiger partial charge in [-0.3, -0.25) is 4.90 Å². The summed E-state index contributed by atoms with van der Waals surface area (Å²) in [7, 11) is 0. The van der Waals surface area contributed by atoms with E-state index in [0.29, 0.717) is 0 Å². The van der Waals surface area contributed by atoms with Gasteiger partial charge in [0.1, 0.15) is 0 Å². The van der Waals surface area contributed by atoms with Gasteiger partial charge in [-0.1, -0.05) is 13.5 Å². The Hall–Kier alpha value is -0.640. The third-order valence-electron chi connectivity index (χ3n) is 3.08. The van der Waals surface area contributed by atoms with Crippen LogP contribution >= 0.6 is 11.3 Å². The highest BCUT2D eigenvalue weighted by molar-refractivity contribution is 7.07. The van der Waals surface area contributed by atoms with Gasteiger partial charge in [-0.15, -0.1) is 0 Å². The highest BCUT2D eigenvalue weighted by Crippen LogP contribution is 2.29. The van der Waals surface area contributed by atoms with Crippen LogP contribution in [0, 0.1) is 0 Å². The van der Waals surface area contributed by atoms with E-state index < -0.39 is 0 Å². The quantitative estimate of drug-likeness (QED) is 0.714. The fourth-order valence-corrected chi connectivity index (χ4v) is 2.68. The molecule has 0 aliphatic heterocycles. The molecule has 94 valence electrons. The fraction of sp³-hybridized carbons (Fsp3) is 0.571. The van der Waals surface area contributed by atoms with E-state index in [1.165, 1.54) is 24.0 Å². The van der Waals surface area contributed by atoms with Crippen LogP contribution in [0.1, 0.15) is 25.3 Å². The highest BCUT2D eigenvalue weighted by Gasteiger charge is 2.28. The summed E-state index contributed by atoms with van der Waals surface area (Å²) in [6.45, 7) is 10.4. The Kier molecular flexibility index (Phi) is 4.77. The second-order valence-corrected chi connectivity index (χ2v) is 5.58. The lowest BCUT2D eigenvalue weighted by Crippen LogP contribution is -2.30. The summed E-state index contributed by atoms with van der Waals surface area (Å²) in [5, 5.41) is 7.76. The molecule has 0 atom stereocenters. The Labute approximate surface area is 108 Å². The Morgan fingerprint density at radius 1 is 1.59 bits per heavy atom. The summed E-state index contributed by atoms with van der Waals surface area (Å²) in [5.74, 6) is 0. The maximum Gasteiger partial charge on any atom is 0.0248 e. The van der Waals surface area contributed by atoms with Crippen molar-refractivity contribution in [3.05, 3.63) is 34.5 Å². The lowest BCUT2D eigenvalue weighted by Gasteiger charge is -2.22. The van der Waals surface area contributed by atoms with Crippen molar-refractivity contribution < 1.29 is 0 Å². The Morgan fingerprint density at radius 2 is 2.41 bits per heavy atom. The van der Waals surface area contributed by atoms with E-state index in [1.54, 1.807) is 11.3 Å². The van der Waals surface area contributed by atoms with Crippen LogP contribution in [-0.2, 0) is 6.54 Å². The molecule has 0 radical (unpaired) electrons. The van der Waals surface area contributed by atoms with Crippen LogP contribution in [0.15, 0.2) is 29.0 Å². The highest BCUT2D eigenvalue weighted by atomic mass is 32.1. The summed E-state index contributed by atoms with van der Waals surface area (Å²) < 4.78 is 0. The van der Waals surface area contributed by atoms with Gasteiger partial charge in [0.15, 0.2) is 0 Å². The minimum Gasteiger partial charge on any atom is -0.313 e. The molecule has 1 saturated carbocycles. The molecule has 2 nitrogen and oxygen atoms in total. The molecule has 0 bridgehead atoms. The molecule has 0 saturated heterocycles. The molecule has 1 aromatic rings. The molecular weight excluding hydrogens is 228 g/mol. The van der Waals surface area contributed by atoms with Crippen LogP contribution in [0.25, 0.3) is 0 Å². The predicted molar refractivity (Wildman–Crippen MR) is 75.4 cm³/mol. The SMILES string of the molecule is C=C(CNCC)CN(Cc1ccsc1)C1CC1. The van der Waals surface area contributed by atoms with Crippen molar-refractivity contribution in [2.24, 2.45) is 0 Å². The monoisotopic (exact) mass is 250 g/mol. The first-order chi connectivity index (χ1) is 8.29. The van der Waals surface area contributed by atoms with Crippen molar-refractivity contribution in [1.29, 1.82) is 0 Å². The van der Waals surface area contributed by atoms with Gasteiger partial charge in [-0.05, 0) is 47.3 Å². The normalized spacial score (nSPS) is 15.4. The first kappa shape index (κ1) is 12.8. The summed E-state index contributed by atoms with van der Waals surface area (Å²) in [6.07, 6.45) is 2.72. The van der Waals surface area contributed by atoms with Gasteiger partial charge in [-0.25, -0.2) is 0 Å². The zero-order valence-corrected chi connectivity index (χ0v) is 11.4. The molecule has 2 rings (SSSR count). The van der Waals surface area contributed by atoms with Crippen molar-refractivity contribution in [1.82, 2.24) is 10.2 Å². The van der Waals surface area contributed by atoms with Gasteiger partial charge >= 0.3 is 0 Å². The number of nitrogens with zero attached hydrogens (tertiary/aromatic N) is 1. The first-order valence-corrected chi connectivity index (χ1v) is 7.36. The maximum atomic E-state index is 4.17. The second kappa shape index (κ2) is 6.34. The zero-order valence-electron chi connectivity index (χ0n) is 10.6. The van der Waals surface area contributed by atoms with E-state index in [-0.39, 0.29) is 0 Å². The van der Waals surface area contributed by atoms with Crippen LogP contribution < -0.4 is 5.32 Å². The minimum absolute atomic E-state index is 0.799. The van der Waals surface area contributed by atoms with Crippen molar-refractivity contribution in [3.8, 4) is 0 Å². The second-order valence-electron chi connectivity index (χ2n) is 4.80. The number of likely N-dealkylation sites (N-methyl/N-ethyl adjacent to an activating group) is 1. The minimum atomic E-state index is 0.799. The summed E-state index contributed by atoms with van der Waals surface area (Å²) in [5.41, 5.74) is 2.74. The van der Waals surface area contributed by atoms with Gasteiger partial charge in [-0.2, -0.15) is 11.3 Å².